The van der Waals surface area contributed by atoms with Gasteiger partial charge >= 0.3 is 0 Å². The van der Waals surface area contributed by atoms with Crippen LogP contribution in [0.3, 0.4) is 0 Å². The van der Waals surface area contributed by atoms with Crippen LogP contribution in [0, 0.1) is 13.8 Å². The maximum atomic E-state index is 13.1. The Bertz CT molecular complexity index is 1180. The van der Waals surface area contributed by atoms with E-state index in [0.29, 0.717) is 17.9 Å². The summed E-state index contributed by atoms with van der Waals surface area (Å²) in [5, 5.41) is 7.09. The molecule has 33 heavy (non-hydrogen) atoms. The Labute approximate surface area is 193 Å². The van der Waals surface area contributed by atoms with Gasteiger partial charge in [-0.25, -0.2) is 0 Å². The third-order valence-electron chi connectivity index (χ3n) is 5.54. The van der Waals surface area contributed by atoms with Gasteiger partial charge in [0.05, 0.1) is 24.4 Å². The number of nitrogens with one attached hydrogen (secondary N) is 1. The Morgan fingerprint density at radius 2 is 1.55 bits per heavy atom. The highest BCUT2D eigenvalue weighted by molar-refractivity contribution is 5.94. The lowest BCUT2D eigenvalue weighted by atomic mass is 9.98. The summed E-state index contributed by atoms with van der Waals surface area (Å²) in [6.07, 6.45) is 0. The van der Waals surface area contributed by atoms with Crippen LogP contribution >= 0.6 is 0 Å². The number of benzene rings is 3. The number of methoxy groups -OCH3 is 1. The van der Waals surface area contributed by atoms with Crippen molar-refractivity contribution in [3.8, 4) is 11.5 Å². The van der Waals surface area contributed by atoms with Crippen LogP contribution < -0.4 is 14.8 Å². The van der Waals surface area contributed by atoms with E-state index in [2.05, 4.69) is 10.5 Å². The molecule has 4 rings (SSSR count). The van der Waals surface area contributed by atoms with Crippen LogP contribution in [-0.4, -0.2) is 18.2 Å². The molecule has 1 aromatic heterocycles. The Kier molecular flexibility index (Phi) is 6.74. The second kappa shape index (κ2) is 10.0. The van der Waals surface area contributed by atoms with E-state index < -0.39 is 0 Å². The smallest absolute Gasteiger partial charge is 0.252 e. The van der Waals surface area contributed by atoms with Gasteiger partial charge in [-0.3, -0.25) is 4.79 Å². The molecule has 1 heterocycles. The molecule has 168 valence electrons. The van der Waals surface area contributed by atoms with Crippen LogP contribution in [0.1, 0.15) is 44.5 Å². The van der Waals surface area contributed by atoms with E-state index in [0.717, 1.165) is 33.9 Å². The van der Waals surface area contributed by atoms with Gasteiger partial charge in [-0.2, -0.15) is 0 Å². The third kappa shape index (κ3) is 5.23. The lowest BCUT2D eigenvalue weighted by Gasteiger charge is -2.20. The topological polar surface area (TPSA) is 73.6 Å². The molecule has 4 aromatic rings. The van der Waals surface area contributed by atoms with Crippen molar-refractivity contribution in [2.75, 3.05) is 7.11 Å². The number of nitrogens with zero attached hydrogens (tertiary/aromatic N) is 1. The number of hydrogen-bond acceptors (Lipinski definition) is 5. The number of carbonyl (C=O) groups is 1. The van der Waals surface area contributed by atoms with Gasteiger partial charge in [-0.05, 0) is 61.4 Å². The van der Waals surface area contributed by atoms with Crippen molar-refractivity contribution in [3.63, 3.8) is 0 Å². The molecule has 0 saturated heterocycles. The molecule has 1 amide bonds. The van der Waals surface area contributed by atoms with E-state index in [1.54, 1.807) is 31.4 Å². The summed E-state index contributed by atoms with van der Waals surface area (Å²) >= 11 is 0. The molecule has 0 spiro atoms. The number of hydrogen-bond donors (Lipinski definition) is 1. The molecule has 0 saturated carbocycles. The van der Waals surface area contributed by atoms with Gasteiger partial charge in [-0.15, -0.1) is 0 Å². The van der Waals surface area contributed by atoms with Crippen LogP contribution in [0.4, 0.5) is 0 Å². The summed E-state index contributed by atoms with van der Waals surface area (Å²) in [7, 11) is 1.63. The van der Waals surface area contributed by atoms with Gasteiger partial charge < -0.3 is 19.3 Å². The largest absolute Gasteiger partial charge is 0.497 e. The van der Waals surface area contributed by atoms with Crippen molar-refractivity contribution in [2.24, 2.45) is 0 Å². The Balaban J connectivity index is 1.48. The van der Waals surface area contributed by atoms with Crippen LogP contribution in [0.25, 0.3) is 0 Å². The fourth-order valence-electron chi connectivity index (χ4n) is 3.58. The van der Waals surface area contributed by atoms with E-state index in [9.17, 15) is 4.79 Å². The first-order chi connectivity index (χ1) is 16.0. The van der Waals surface area contributed by atoms with E-state index in [-0.39, 0.29) is 11.9 Å². The summed E-state index contributed by atoms with van der Waals surface area (Å²) in [5.41, 5.74) is 4.26. The third-order valence-corrected chi connectivity index (χ3v) is 5.54. The zero-order valence-corrected chi connectivity index (χ0v) is 18.9. The molecular formula is C27H26N2O4. The lowest BCUT2D eigenvalue weighted by molar-refractivity contribution is 0.0943. The highest BCUT2D eigenvalue weighted by Gasteiger charge is 2.18. The summed E-state index contributed by atoms with van der Waals surface area (Å²) < 4.78 is 16.3. The predicted octanol–water partition coefficient (Wildman–Crippen LogP) is 5.40. The van der Waals surface area contributed by atoms with Gasteiger partial charge in [-0.1, -0.05) is 47.6 Å². The van der Waals surface area contributed by atoms with Crippen molar-refractivity contribution in [1.82, 2.24) is 10.5 Å². The van der Waals surface area contributed by atoms with E-state index in [4.69, 9.17) is 14.0 Å². The van der Waals surface area contributed by atoms with Crippen molar-refractivity contribution >= 4 is 5.91 Å². The average molecular weight is 443 g/mol. The summed E-state index contributed by atoms with van der Waals surface area (Å²) in [6, 6.07) is 24.4. The molecule has 0 aliphatic rings. The first kappa shape index (κ1) is 22.1. The second-order valence-corrected chi connectivity index (χ2v) is 7.71. The summed E-state index contributed by atoms with van der Waals surface area (Å²) in [4.78, 5) is 13.1. The molecular weight excluding hydrogens is 416 g/mol. The molecule has 3 aromatic carbocycles. The highest BCUT2D eigenvalue weighted by atomic mass is 16.5. The predicted molar refractivity (Wildman–Crippen MR) is 125 cm³/mol. The Hall–Kier alpha value is -4.06. The molecule has 6 nitrogen and oxygen atoms in total. The minimum atomic E-state index is -0.292. The molecule has 0 fully saturated rings. The standard InChI is InChI=1S/C27H26N2O4/c1-18-25(19(2)33-29-18)17-32-24-15-11-22(12-16-24)27(30)28-26(20-7-5-4-6-8-20)21-9-13-23(31-3)14-10-21/h4-16,26H,17H2,1-3H3,(H,28,30)/t26-/m0/s1. The van der Waals surface area contributed by atoms with Gasteiger partial charge in [0.25, 0.3) is 5.91 Å². The van der Waals surface area contributed by atoms with Crippen LogP contribution in [0.2, 0.25) is 0 Å². The SMILES string of the molecule is COc1ccc([C@@H](NC(=O)c2ccc(OCc3c(C)noc3C)cc2)c2ccccc2)cc1. The summed E-state index contributed by atoms with van der Waals surface area (Å²) in [5.74, 6) is 2.01. The van der Waals surface area contributed by atoms with Gasteiger partial charge in [0.15, 0.2) is 0 Å². The van der Waals surface area contributed by atoms with Gasteiger partial charge in [0.2, 0.25) is 0 Å². The fraction of sp³-hybridized carbons (Fsp3) is 0.185. The number of amides is 1. The quantitative estimate of drug-likeness (QED) is 0.396. The monoisotopic (exact) mass is 442 g/mol. The van der Waals surface area contributed by atoms with Crippen LogP contribution in [-0.2, 0) is 6.61 Å². The second-order valence-electron chi connectivity index (χ2n) is 7.71. The van der Waals surface area contributed by atoms with Crippen LogP contribution in [0.5, 0.6) is 11.5 Å². The minimum Gasteiger partial charge on any atom is -0.497 e. The molecule has 0 aliphatic carbocycles. The molecule has 0 aliphatic heterocycles. The average Bonchev–Trinajstić information content (AvgIpc) is 3.19. The molecule has 1 N–H and O–H groups in total. The number of carbonyl (C=O) groups excluding carboxylic acids is 1. The maximum Gasteiger partial charge on any atom is 0.252 e. The van der Waals surface area contributed by atoms with Crippen LogP contribution in [0.15, 0.2) is 83.4 Å². The highest BCUT2D eigenvalue weighted by Crippen LogP contribution is 2.25. The zero-order valence-electron chi connectivity index (χ0n) is 18.9. The molecule has 0 unspecified atom stereocenters. The molecule has 0 radical (unpaired) electrons. The van der Waals surface area contributed by atoms with Crippen molar-refractivity contribution in [2.45, 2.75) is 26.5 Å². The number of rotatable bonds is 8. The maximum absolute atomic E-state index is 13.1. The van der Waals surface area contributed by atoms with Crippen molar-refractivity contribution < 1.29 is 18.8 Å². The summed E-state index contributed by atoms with van der Waals surface area (Å²) in [6.45, 7) is 4.10. The van der Waals surface area contributed by atoms with Crippen molar-refractivity contribution in [3.05, 3.63) is 113 Å². The lowest BCUT2D eigenvalue weighted by Crippen LogP contribution is -2.29. The fourth-order valence-corrected chi connectivity index (χ4v) is 3.58. The molecule has 6 heteroatoms. The Morgan fingerprint density at radius 3 is 2.15 bits per heavy atom. The Morgan fingerprint density at radius 1 is 0.909 bits per heavy atom. The molecule has 0 bridgehead atoms. The van der Waals surface area contributed by atoms with E-state index in [1.165, 1.54) is 0 Å². The first-order valence-corrected chi connectivity index (χ1v) is 10.7. The number of aryl methyl sites for hydroxylation is 2. The zero-order chi connectivity index (χ0) is 23.2. The van der Waals surface area contributed by atoms with Gasteiger partial charge in [0, 0.05) is 5.56 Å². The minimum absolute atomic E-state index is 0.169. The molecule has 1 atom stereocenters. The number of aromatic nitrogens is 1. The number of ether oxygens (including phenoxy) is 2. The normalized spacial score (nSPS) is 11.6. The van der Waals surface area contributed by atoms with E-state index >= 15 is 0 Å². The van der Waals surface area contributed by atoms with Crippen molar-refractivity contribution in [1.29, 1.82) is 0 Å². The first-order valence-electron chi connectivity index (χ1n) is 10.7. The van der Waals surface area contributed by atoms with Gasteiger partial charge in [0.1, 0.15) is 23.9 Å². The van der Waals surface area contributed by atoms with E-state index in [1.807, 2.05) is 68.4 Å².